The quantitative estimate of drug-likeness (QED) is 0.690. The minimum Gasteiger partial charge on any atom is -0.370 e. The van der Waals surface area contributed by atoms with Gasteiger partial charge in [-0.05, 0) is 25.5 Å². The van der Waals surface area contributed by atoms with E-state index in [0.29, 0.717) is 0 Å². The Labute approximate surface area is 140 Å². The Morgan fingerprint density at radius 3 is 2.75 bits per heavy atom. The summed E-state index contributed by atoms with van der Waals surface area (Å²) in [5, 5.41) is 1.16. The van der Waals surface area contributed by atoms with E-state index in [1.807, 2.05) is 31.3 Å². The van der Waals surface area contributed by atoms with Crippen molar-refractivity contribution in [3.63, 3.8) is 0 Å². The number of aryl methyl sites for hydroxylation is 1. The predicted molar refractivity (Wildman–Crippen MR) is 95.6 cm³/mol. The Morgan fingerprint density at radius 2 is 1.88 bits per heavy atom. The third-order valence-electron chi connectivity index (χ3n) is 4.91. The van der Waals surface area contributed by atoms with Gasteiger partial charge in [0.15, 0.2) is 0 Å². The molecule has 2 aromatic heterocycles. The number of fused-ring (bicyclic) bond motifs is 2. The Hall–Kier alpha value is -2.69. The van der Waals surface area contributed by atoms with Crippen LogP contribution < -0.4 is 10.5 Å². The first-order valence-electron chi connectivity index (χ1n) is 8.29. The van der Waals surface area contributed by atoms with E-state index < -0.39 is 0 Å². The molecule has 0 fully saturated rings. The SMILES string of the molecule is Cc1nc2c(c(=O)n1C)CCN(c1ccnc3ccccc13)CC2. The number of hydrogen-bond acceptors (Lipinski definition) is 4. The van der Waals surface area contributed by atoms with Gasteiger partial charge in [-0.2, -0.15) is 0 Å². The summed E-state index contributed by atoms with van der Waals surface area (Å²) in [6, 6.07) is 10.3. The molecule has 1 aliphatic rings. The lowest BCUT2D eigenvalue weighted by molar-refractivity contribution is 0.736. The van der Waals surface area contributed by atoms with Gasteiger partial charge in [0, 0.05) is 49.4 Å². The van der Waals surface area contributed by atoms with Crippen LogP contribution in [0.2, 0.25) is 0 Å². The zero-order chi connectivity index (χ0) is 16.7. The Kier molecular flexibility index (Phi) is 3.56. The van der Waals surface area contributed by atoms with Gasteiger partial charge in [0.2, 0.25) is 0 Å². The van der Waals surface area contributed by atoms with Crippen LogP contribution in [0.5, 0.6) is 0 Å². The second kappa shape index (κ2) is 5.74. The van der Waals surface area contributed by atoms with Crippen molar-refractivity contribution in [2.24, 2.45) is 7.05 Å². The molecule has 0 spiro atoms. The van der Waals surface area contributed by atoms with Gasteiger partial charge in [-0.3, -0.25) is 14.3 Å². The van der Waals surface area contributed by atoms with E-state index in [0.717, 1.165) is 53.9 Å². The van der Waals surface area contributed by atoms with E-state index in [9.17, 15) is 4.79 Å². The minimum atomic E-state index is 0.0962. The summed E-state index contributed by atoms with van der Waals surface area (Å²) in [6.07, 6.45) is 3.38. The summed E-state index contributed by atoms with van der Waals surface area (Å²) in [5.41, 5.74) is 4.10. The number of aromatic nitrogens is 3. The molecule has 1 aromatic carbocycles. The molecule has 0 saturated carbocycles. The first-order valence-corrected chi connectivity index (χ1v) is 8.29. The topological polar surface area (TPSA) is 51.0 Å². The zero-order valence-electron chi connectivity index (χ0n) is 14.0. The van der Waals surface area contributed by atoms with Crippen LogP contribution in [0.3, 0.4) is 0 Å². The van der Waals surface area contributed by atoms with E-state index in [1.165, 1.54) is 5.69 Å². The smallest absolute Gasteiger partial charge is 0.256 e. The fraction of sp³-hybridized carbons (Fsp3) is 0.316. The van der Waals surface area contributed by atoms with Gasteiger partial charge in [0.1, 0.15) is 5.82 Å². The van der Waals surface area contributed by atoms with Crippen molar-refractivity contribution in [1.82, 2.24) is 14.5 Å². The molecule has 0 radical (unpaired) electrons. The van der Waals surface area contributed by atoms with E-state index in [1.54, 1.807) is 11.6 Å². The molecule has 0 unspecified atom stereocenters. The summed E-state index contributed by atoms with van der Waals surface area (Å²) in [7, 11) is 1.80. The van der Waals surface area contributed by atoms with Crippen LogP contribution in [-0.4, -0.2) is 27.6 Å². The Morgan fingerprint density at radius 1 is 1.08 bits per heavy atom. The van der Waals surface area contributed by atoms with Crippen LogP contribution in [0.1, 0.15) is 17.1 Å². The molecule has 0 saturated heterocycles. The second-order valence-corrected chi connectivity index (χ2v) is 6.28. The van der Waals surface area contributed by atoms with Gasteiger partial charge in [-0.15, -0.1) is 0 Å². The molecular formula is C19H20N4O. The zero-order valence-corrected chi connectivity index (χ0v) is 14.0. The molecule has 0 amide bonds. The molecule has 3 aromatic rings. The van der Waals surface area contributed by atoms with Gasteiger partial charge in [-0.25, -0.2) is 4.98 Å². The van der Waals surface area contributed by atoms with Gasteiger partial charge < -0.3 is 4.90 Å². The average Bonchev–Trinajstić information content (AvgIpc) is 2.82. The highest BCUT2D eigenvalue weighted by Crippen LogP contribution is 2.26. The molecule has 1 aliphatic heterocycles. The molecule has 5 nitrogen and oxygen atoms in total. The number of nitrogens with zero attached hydrogens (tertiary/aromatic N) is 4. The van der Waals surface area contributed by atoms with E-state index in [2.05, 4.69) is 27.0 Å². The number of anilines is 1. The first-order chi connectivity index (χ1) is 11.6. The van der Waals surface area contributed by atoms with Crippen LogP contribution >= 0.6 is 0 Å². The van der Waals surface area contributed by atoms with Crippen LogP contribution in [-0.2, 0) is 19.9 Å². The van der Waals surface area contributed by atoms with E-state index in [-0.39, 0.29) is 5.56 Å². The average molecular weight is 320 g/mol. The van der Waals surface area contributed by atoms with Crippen molar-refractivity contribution in [3.8, 4) is 0 Å². The van der Waals surface area contributed by atoms with Gasteiger partial charge >= 0.3 is 0 Å². The fourth-order valence-electron chi connectivity index (χ4n) is 3.47. The third kappa shape index (κ3) is 2.37. The third-order valence-corrected chi connectivity index (χ3v) is 4.91. The maximum Gasteiger partial charge on any atom is 0.256 e. The Balaban J connectivity index is 1.74. The van der Waals surface area contributed by atoms with Crippen molar-refractivity contribution < 1.29 is 0 Å². The molecule has 0 bridgehead atoms. The number of para-hydroxylation sites is 1. The van der Waals surface area contributed by atoms with Crippen LogP contribution in [0, 0.1) is 6.92 Å². The lowest BCUT2D eigenvalue weighted by atomic mass is 10.1. The molecule has 5 heteroatoms. The van der Waals surface area contributed by atoms with Crippen molar-refractivity contribution in [2.45, 2.75) is 19.8 Å². The lowest BCUT2D eigenvalue weighted by Gasteiger charge is -2.23. The van der Waals surface area contributed by atoms with Crippen molar-refractivity contribution in [2.75, 3.05) is 18.0 Å². The monoisotopic (exact) mass is 320 g/mol. The van der Waals surface area contributed by atoms with Gasteiger partial charge in [0.05, 0.1) is 11.2 Å². The number of benzene rings is 1. The largest absolute Gasteiger partial charge is 0.370 e. The number of pyridine rings is 1. The second-order valence-electron chi connectivity index (χ2n) is 6.28. The maximum absolute atomic E-state index is 12.5. The van der Waals surface area contributed by atoms with E-state index in [4.69, 9.17) is 0 Å². The summed E-state index contributed by atoms with van der Waals surface area (Å²) in [5.74, 6) is 0.779. The highest BCUT2D eigenvalue weighted by molar-refractivity contribution is 5.91. The highest BCUT2D eigenvalue weighted by Gasteiger charge is 2.20. The Bertz CT molecular complexity index is 972. The normalized spacial score (nSPS) is 14.5. The van der Waals surface area contributed by atoms with Gasteiger partial charge in [-0.1, -0.05) is 18.2 Å². The van der Waals surface area contributed by atoms with Gasteiger partial charge in [0.25, 0.3) is 5.56 Å². The summed E-state index contributed by atoms with van der Waals surface area (Å²) in [4.78, 5) is 24.0. The maximum atomic E-state index is 12.5. The molecule has 24 heavy (non-hydrogen) atoms. The fourth-order valence-corrected chi connectivity index (χ4v) is 3.47. The van der Waals surface area contributed by atoms with Crippen LogP contribution in [0.25, 0.3) is 10.9 Å². The molecule has 0 aliphatic carbocycles. The predicted octanol–water partition coefficient (Wildman–Crippen LogP) is 2.24. The van der Waals surface area contributed by atoms with Crippen molar-refractivity contribution >= 4 is 16.6 Å². The minimum absolute atomic E-state index is 0.0962. The lowest BCUT2D eigenvalue weighted by Crippen LogP contribution is -2.28. The molecule has 0 atom stereocenters. The molecule has 3 heterocycles. The van der Waals surface area contributed by atoms with Crippen LogP contribution in [0.15, 0.2) is 41.3 Å². The summed E-state index contributed by atoms with van der Waals surface area (Å²) >= 11 is 0. The highest BCUT2D eigenvalue weighted by atomic mass is 16.1. The van der Waals surface area contributed by atoms with Crippen molar-refractivity contribution in [1.29, 1.82) is 0 Å². The standard InChI is InChI=1S/C19H20N4O/c1-13-21-17-9-12-23(11-8-15(17)19(24)22(13)2)18-7-10-20-16-6-4-3-5-14(16)18/h3-7,10H,8-9,11-12H2,1-2H3. The summed E-state index contributed by atoms with van der Waals surface area (Å²) in [6.45, 7) is 3.57. The van der Waals surface area contributed by atoms with Crippen molar-refractivity contribution in [3.05, 3.63) is 64.0 Å². The molecule has 4 rings (SSSR count). The molecule has 122 valence electrons. The van der Waals surface area contributed by atoms with E-state index >= 15 is 0 Å². The summed E-state index contributed by atoms with van der Waals surface area (Å²) < 4.78 is 1.65. The number of rotatable bonds is 1. The molecular weight excluding hydrogens is 300 g/mol. The first kappa shape index (κ1) is 14.9. The van der Waals surface area contributed by atoms with Crippen LogP contribution in [0.4, 0.5) is 5.69 Å². The molecule has 0 N–H and O–H groups in total. The number of hydrogen-bond donors (Lipinski definition) is 0.